The predicted octanol–water partition coefficient (Wildman–Crippen LogP) is 3.80. The van der Waals surface area contributed by atoms with Crippen molar-refractivity contribution < 1.29 is 13.5 Å². The third-order valence-electron chi connectivity index (χ3n) is 3.03. The minimum absolute atomic E-state index is 0.148. The average Bonchev–Trinajstić information content (AvgIpc) is 3.17. The molecule has 1 saturated heterocycles. The van der Waals surface area contributed by atoms with Gasteiger partial charge in [0.1, 0.15) is 5.75 Å². The van der Waals surface area contributed by atoms with E-state index < -0.39 is 6.61 Å². The number of nitrogens with one attached hydrogen (secondary N) is 1. The van der Waals surface area contributed by atoms with Crippen LogP contribution >= 0.6 is 0 Å². The second-order valence-electron chi connectivity index (χ2n) is 4.80. The molecule has 0 atom stereocenters. The van der Waals surface area contributed by atoms with Gasteiger partial charge in [0.25, 0.3) is 0 Å². The zero-order valence-electron chi connectivity index (χ0n) is 13.1. The normalized spacial score (nSPS) is 12.7. The monoisotopic (exact) mass is 322 g/mol. The lowest BCUT2D eigenvalue weighted by Crippen LogP contribution is -2.06. The second kappa shape index (κ2) is 12.6. The maximum Gasteiger partial charge on any atom is 0.387 e. The van der Waals surface area contributed by atoms with E-state index in [-0.39, 0.29) is 12.3 Å². The summed E-state index contributed by atoms with van der Waals surface area (Å²) >= 11 is 0. The van der Waals surface area contributed by atoms with Crippen molar-refractivity contribution in [1.29, 1.82) is 0 Å². The minimum atomic E-state index is -2.79. The Morgan fingerprint density at radius 3 is 1.83 bits per heavy atom. The van der Waals surface area contributed by atoms with Crippen molar-refractivity contribution in [3.05, 3.63) is 66.2 Å². The highest BCUT2D eigenvalue weighted by Gasteiger charge is 2.06. The van der Waals surface area contributed by atoms with E-state index >= 15 is 0 Å². The summed E-state index contributed by atoms with van der Waals surface area (Å²) in [5, 5.41) is 3.22. The van der Waals surface area contributed by atoms with Gasteiger partial charge >= 0.3 is 6.61 Å². The van der Waals surface area contributed by atoms with Gasteiger partial charge in [-0.05, 0) is 32.0 Å². The summed E-state index contributed by atoms with van der Waals surface area (Å²) in [4.78, 5) is 0. The second-order valence-corrected chi connectivity index (χ2v) is 4.80. The molecular formula is C18H24F2N2O. The van der Waals surface area contributed by atoms with Crippen LogP contribution in [0.2, 0.25) is 0 Å². The van der Waals surface area contributed by atoms with Crippen LogP contribution in [0.3, 0.4) is 0 Å². The van der Waals surface area contributed by atoms with E-state index in [0.717, 1.165) is 0 Å². The zero-order valence-corrected chi connectivity index (χ0v) is 13.1. The van der Waals surface area contributed by atoms with E-state index in [1.807, 2.05) is 36.4 Å². The van der Waals surface area contributed by atoms with Gasteiger partial charge in [-0.25, -0.2) is 0 Å². The van der Waals surface area contributed by atoms with Crippen LogP contribution in [-0.2, 0) is 6.54 Å². The molecular weight excluding hydrogens is 298 g/mol. The first-order valence-electron chi connectivity index (χ1n) is 7.67. The summed E-state index contributed by atoms with van der Waals surface area (Å²) < 4.78 is 27.8. The van der Waals surface area contributed by atoms with Gasteiger partial charge in [0.05, 0.1) is 0 Å². The molecule has 1 aliphatic heterocycles. The molecule has 3 nitrogen and oxygen atoms in total. The minimum Gasteiger partial charge on any atom is -0.434 e. The number of halogens is 2. The molecule has 1 aliphatic rings. The molecule has 2 aromatic rings. The lowest BCUT2D eigenvalue weighted by Gasteiger charge is -2.07. The lowest BCUT2D eigenvalue weighted by atomic mass is 10.2. The van der Waals surface area contributed by atoms with Gasteiger partial charge < -0.3 is 15.8 Å². The number of nitrogens with two attached hydrogens (primary N) is 1. The summed E-state index contributed by atoms with van der Waals surface area (Å²) in [6, 6.07) is 18.5. The lowest BCUT2D eigenvalue weighted by molar-refractivity contribution is -0.0504. The predicted molar refractivity (Wildman–Crippen MR) is 89.5 cm³/mol. The molecule has 1 heterocycles. The summed E-state index contributed by atoms with van der Waals surface area (Å²) in [5.41, 5.74) is 5.88. The Kier molecular flexibility index (Phi) is 10.4. The van der Waals surface area contributed by atoms with E-state index in [1.165, 1.54) is 32.0 Å². The van der Waals surface area contributed by atoms with Crippen LogP contribution < -0.4 is 15.8 Å². The van der Waals surface area contributed by atoms with Crippen molar-refractivity contribution in [3.8, 4) is 5.75 Å². The van der Waals surface area contributed by atoms with Crippen molar-refractivity contribution in [3.63, 3.8) is 0 Å². The third kappa shape index (κ3) is 9.60. The number of rotatable bonds is 3. The fourth-order valence-corrected chi connectivity index (χ4v) is 1.89. The van der Waals surface area contributed by atoms with E-state index in [2.05, 4.69) is 10.1 Å². The third-order valence-corrected chi connectivity index (χ3v) is 3.03. The Labute approximate surface area is 136 Å². The molecule has 0 bridgehead atoms. The molecule has 0 amide bonds. The van der Waals surface area contributed by atoms with Crippen LogP contribution in [-0.4, -0.2) is 19.7 Å². The van der Waals surface area contributed by atoms with E-state index in [1.54, 1.807) is 18.2 Å². The van der Waals surface area contributed by atoms with Crippen LogP contribution in [0.1, 0.15) is 18.4 Å². The Hall–Kier alpha value is -1.98. The molecule has 0 aliphatic carbocycles. The molecule has 0 radical (unpaired) electrons. The van der Waals surface area contributed by atoms with Gasteiger partial charge in [-0.2, -0.15) is 8.78 Å². The fraction of sp³-hybridized carbons (Fsp3) is 0.333. The maximum absolute atomic E-state index is 11.8. The fourth-order valence-electron chi connectivity index (χ4n) is 1.89. The Morgan fingerprint density at radius 1 is 0.913 bits per heavy atom. The number of alkyl halides is 2. The standard InChI is InChI=1S/C8H9F2NO.C6H6.C4H9N/c9-8(10)12-7-4-2-1-3-6(7)5-11;1-2-4-6-5-3-1;1-2-4-5-3-1/h1-4,8H,5,11H2;1-6H;5H,1-4H2. The highest BCUT2D eigenvalue weighted by atomic mass is 19.3. The first kappa shape index (κ1) is 19.1. The number of benzene rings is 2. The molecule has 0 saturated carbocycles. The van der Waals surface area contributed by atoms with Gasteiger partial charge in [-0.15, -0.1) is 0 Å². The summed E-state index contributed by atoms with van der Waals surface area (Å²) in [5.74, 6) is 0.148. The van der Waals surface area contributed by atoms with Gasteiger partial charge in [0, 0.05) is 12.1 Å². The molecule has 0 unspecified atom stereocenters. The quantitative estimate of drug-likeness (QED) is 0.903. The zero-order chi connectivity index (χ0) is 16.8. The molecule has 5 heteroatoms. The van der Waals surface area contributed by atoms with Crippen LogP contribution in [0.5, 0.6) is 5.75 Å². The molecule has 0 spiro atoms. The maximum atomic E-state index is 11.8. The van der Waals surface area contributed by atoms with Gasteiger partial charge in [0.15, 0.2) is 0 Å². The highest BCUT2D eigenvalue weighted by molar-refractivity contribution is 5.32. The van der Waals surface area contributed by atoms with Crippen LogP contribution in [0, 0.1) is 0 Å². The van der Waals surface area contributed by atoms with Crippen molar-refractivity contribution >= 4 is 0 Å². The van der Waals surface area contributed by atoms with Crippen molar-refractivity contribution in [2.24, 2.45) is 5.73 Å². The Morgan fingerprint density at radius 2 is 1.43 bits per heavy atom. The Bertz CT molecular complexity index is 471. The largest absolute Gasteiger partial charge is 0.434 e. The summed E-state index contributed by atoms with van der Waals surface area (Å²) in [7, 11) is 0. The SMILES string of the molecule is C1CCNC1.NCc1ccccc1OC(F)F.c1ccccc1. The number of ether oxygens (including phenoxy) is 1. The smallest absolute Gasteiger partial charge is 0.387 e. The summed E-state index contributed by atoms with van der Waals surface area (Å²) in [6.07, 6.45) is 2.78. The molecule has 3 rings (SSSR count). The number of para-hydroxylation sites is 1. The van der Waals surface area contributed by atoms with E-state index in [0.29, 0.717) is 5.56 Å². The highest BCUT2D eigenvalue weighted by Crippen LogP contribution is 2.19. The van der Waals surface area contributed by atoms with Crippen molar-refractivity contribution in [2.45, 2.75) is 26.0 Å². The molecule has 126 valence electrons. The first-order chi connectivity index (χ1) is 11.2. The average molecular weight is 322 g/mol. The number of hydrogen-bond acceptors (Lipinski definition) is 3. The van der Waals surface area contributed by atoms with Crippen molar-refractivity contribution in [1.82, 2.24) is 5.32 Å². The van der Waals surface area contributed by atoms with Crippen LogP contribution in [0.15, 0.2) is 60.7 Å². The van der Waals surface area contributed by atoms with E-state index in [9.17, 15) is 8.78 Å². The summed E-state index contributed by atoms with van der Waals surface area (Å²) in [6.45, 7) is -0.0965. The number of hydrogen-bond donors (Lipinski definition) is 2. The van der Waals surface area contributed by atoms with E-state index in [4.69, 9.17) is 5.73 Å². The molecule has 0 aromatic heterocycles. The van der Waals surface area contributed by atoms with Crippen molar-refractivity contribution in [2.75, 3.05) is 13.1 Å². The topological polar surface area (TPSA) is 47.3 Å². The Balaban J connectivity index is 0.000000198. The van der Waals surface area contributed by atoms with Gasteiger partial charge in [0.2, 0.25) is 0 Å². The molecule has 2 aromatic carbocycles. The van der Waals surface area contributed by atoms with Crippen LogP contribution in [0.25, 0.3) is 0 Å². The van der Waals surface area contributed by atoms with Crippen LogP contribution in [0.4, 0.5) is 8.78 Å². The van der Waals surface area contributed by atoms with Gasteiger partial charge in [-0.3, -0.25) is 0 Å². The molecule has 23 heavy (non-hydrogen) atoms. The first-order valence-corrected chi connectivity index (χ1v) is 7.67. The molecule has 1 fully saturated rings. The molecule has 3 N–H and O–H groups in total. The van der Waals surface area contributed by atoms with Gasteiger partial charge in [-0.1, -0.05) is 54.6 Å².